The number of nitrogens with zero attached hydrogens (tertiary/aromatic N) is 1. The molecule has 8 heteroatoms. The van der Waals surface area contributed by atoms with Crippen molar-refractivity contribution in [2.45, 2.75) is 64.8 Å². The zero-order valence-corrected chi connectivity index (χ0v) is 21.8. The summed E-state index contributed by atoms with van der Waals surface area (Å²) >= 11 is 0. The highest BCUT2D eigenvalue weighted by molar-refractivity contribution is 5.98. The van der Waals surface area contributed by atoms with E-state index in [1.807, 2.05) is 50.4 Å². The number of unbranched alkanes of at least 4 members (excludes halogenated alkanes) is 3. The highest BCUT2D eigenvalue weighted by Gasteiger charge is 2.26. The first-order valence-electron chi connectivity index (χ1n) is 13.3. The Labute approximate surface area is 217 Å². The van der Waals surface area contributed by atoms with Crippen molar-refractivity contribution in [1.82, 2.24) is 20.3 Å². The van der Waals surface area contributed by atoms with Crippen LogP contribution in [0, 0.1) is 5.92 Å². The molecule has 0 spiro atoms. The monoisotopic (exact) mass is 502 g/mol. The lowest BCUT2D eigenvalue weighted by atomic mass is 9.97. The lowest BCUT2D eigenvalue weighted by Gasteiger charge is -2.23. The Bertz CT molecular complexity index is 1340. The van der Waals surface area contributed by atoms with Gasteiger partial charge in [0, 0.05) is 35.6 Å². The van der Waals surface area contributed by atoms with E-state index in [-0.39, 0.29) is 17.7 Å². The number of nitrogens with two attached hydrogens (primary N) is 1. The third-order valence-corrected chi connectivity index (χ3v) is 7.00. The van der Waals surface area contributed by atoms with E-state index in [0.29, 0.717) is 25.1 Å². The Balaban J connectivity index is 1.40. The van der Waals surface area contributed by atoms with Crippen molar-refractivity contribution in [2.24, 2.45) is 11.7 Å². The number of hydrogen-bond donors (Lipinski definition) is 5. The maximum absolute atomic E-state index is 13.2. The molecule has 0 aliphatic carbocycles. The number of para-hydroxylation sites is 1. The van der Waals surface area contributed by atoms with Crippen molar-refractivity contribution < 1.29 is 9.59 Å². The molecule has 2 atom stereocenters. The number of fused-ring (bicyclic) bond motifs is 2. The number of nitrogens with one attached hydrogen (secondary N) is 4. The van der Waals surface area contributed by atoms with Gasteiger partial charge in [0.2, 0.25) is 11.8 Å². The van der Waals surface area contributed by atoms with Crippen LogP contribution in [-0.2, 0) is 16.0 Å². The number of benzene rings is 2. The predicted octanol–water partition coefficient (Wildman–Crippen LogP) is 5.01. The van der Waals surface area contributed by atoms with Gasteiger partial charge in [0.05, 0.1) is 11.0 Å². The Kier molecular flexibility index (Phi) is 8.95. The van der Waals surface area contributed by atoms with Crippen LogP contribution in [-0.4, -0.2) is 39.4 Å². The Morgan fingerprint density at radius 2 is 1.86 bits per heavy atom. The highest BCUT2D eigenvalue weighted by atomic mass is 16.2. The summed E-state index contributed by atoms with van der Waals surface area (Å²) in [5.74, 6) is 0.585. The van der Waals surface area contributed by atoms with Crippen molar-refractivity contribution in [2.75, 3.05) is 11.9 Å². The molecule has 0 unspecified atom stereocenters. The summed E-state index contributed by atoms with van der Waals surface area (Å²) in [5.41, 5.74) is 10.2. The molecule has 0 saturated heterocycles. The van der Waals surface area contributed by atoms with E-state index in [1.54, 1.807) is 0 Å². The fourth-order valence-electron chi connectivity index (χ4n) is 4.63. The molecule has 2 amide bonds. The van der Waals surface area contributed by atoms with Gasteiger partial charge in [-0.15, -0.1) is 0 Å². The van der Waals surface area contributed by atoms with E-state index in [0.717, 1.165) is 54.5 Å². The first-order chi connectivity index (χ1) is 18.0. The molecule has 8 nitrogen and oxygen atoms in total. The molecule has 0 bridgehead atoms. The first kappa shape index (κ1) is 26.4. The number of anilines is 1. The van der Waals surface area contributed by atoms with Gasteiger partial charge in [-0.05, 0) is 55.1 Å². The Hall–Kier alpha value is -3.65. The Morgan fingerprint density at radius 3 is 2.68 bits per heavy atom. The molecular formula is C29H38N6O2. The number of aromatic amines is 2. The minimum absolute atomic E-state index is 0.0138. The summed E-state index contributed by atoms with van der Waals surface area (Å²) in [6.07, 6.45) is 7.68. The minimum Gasteiger partial charge on any atom is -0.361 e. The average molecular weight is 503 g/mol. The number of imidazole rings is 1. The Morgan fingerprint density at radius 1 is 1.05 bits per heavy atom. The van der Waals surface area contributed by atoms with Crippen molar-refractivity contribution in [3.8, 4) is 0 Å². The SMILES string of the molecule is CC[C@H](C)[C@H](NC(=O)CCCCCCN)C(=O)Nc1ccc2nc(Cc3c[nH]c4ccccc34)[nH]c2c1. The lowest BCUT2D eigenvalue weighted by Crippen LogP contribution is -2.47. The summed E-state index contributed by atoms with van der Waals surface area (Å²) < 4.78 is 0. The van der Waals surface area contributed by atoms with E-state index in [1.165, 1.54) is 10.9 Å². The second kappa shape index (κ2) is 12.5. The number of rotatable bonds is 13. The quantitative estimate of drug-likeness (QED) is 0.165. The molecule has 2 heterocycles. The van der Waals surface area contributed by atoms with Crippen molar-refractivity contribution in [1.29, 1.82) is 0 Å². The molecule has 0 aliphatic heterocycles. The molecule has 0 fully saturated rings. The van der Waals surface area contributed by atoms with Crippen LogP contribution in [0.5, 0.6) is 0 Å². The van der Waals surface area contributed by atoms with Crippen LogP contribution in [0.3, 0.4) is 0 Å². The second-order valence-corrected chi connectivity index (χ2v) is 9.82. The van der Waals surface area contributed by atoms with Crippen LogP contribution in [0.4, 0.5) is 5.69 Å². The summed E-state index contributed by atoms with van der Waals surface area (Å²) in [6, 6.07) is 13.3. The number of carbonyl (C=O) groups excluding carboxylic acids is 2. The molecular weight excluding hydrogens is 464 g/mol. The molecule has 0 radical (unpaired) electrons. The summed E-state index contributed by atoms with van der Waals surface area (Å²) in [5, 5.41) is 7.14. The van der Waals surface area contributed by atoms with Crippen molar-refractivity contribution in [3.05, 3.63) is 60.0 Å². The number of hydrogen-bond acceptors (Lipinski definition) is 4. The molecule has 2 aromatic heterocycles. The smallest absolute Gasteiger partial charge is 0.247 e. The minimum atomic E-state index is -0.587. The predicted molar refractivity (Wildman–Crippen MR) is 149 cm³/mol. The summed E-state index contributed by atoms with van der Waals surface area (Å²) in [7, 11) is 0. The van der Waals surface area contributed by atoms with Crippen LogP contribution >= 0.6 is 0 Å². The van der Waals surface area contributed by atoms with Gasteiger partial charge in [0.1, 0.15) is 11.9 Å². The van der Waals surface area contributed by atoms with E-state index in [4.69, 9.17) is 10.7 Å². The number of carbonyl (C=O) groups is 2. The maximum Gasteiger partial charge on any atom is 0.247 e. The van der Waals surface area contributed by atoms with Gasteiger partial charge < -0.3 is 26.3 Å². The van der Waals surface area contributed by atoms with E-state index in [2.05, 4.69) is 32.7 Å². The van der Waals surface area contributed by atoms with E-state index in [9.17, 15) is 9.59 Å². The number of aromatic nitrogens is 3. The van der Waals surface area contributed by atoms with Crippen LogP contribution in [0.25, 0.3) is 21.9 Å². The molecule has 196 valence electrons. The topological polar surface area (TPSA) is 129 Å². The largest absolute Gasteiger partial charge is 0.361 e. The van der Waals surface area contributed by atoms with Crippen LogP contribution in [0.2, 0.25) is 0 Å². The van der Waals surface area contributed by atoms with Gasteiger partial charge in [-0.1, -0.05) is 51.3 Å². The standard InChI is InChI=1S/C29H38N6O2/c1-3-19(2)28(35-27(36)12-6-4-5-9-15-30)29(37)32-21-13-14-24-25(17-21)34-26(33-24)16-20-18-31-23-11-8-7-10-22(20)23/h7-8,10-11,13-14,17-19,28,31H,3-6,9,12,15-16,30H2,1-2H3,(H,32,37)(H,33,34)(H,35,36)/t19-,28-/m0/s1. The molecule has 6 N–H and O–H groups in total. The molecule has 4 rings (SSSR count). The zero-order valence-electron chi connectivity index (χ0n) is 21.8. The maximum atomic E-state index is 13.2. The zero-order chi connectivity index (χ0) is 26.2. The second-order valence-electron chi connectivity index (χ2n) is 9.82. The first-order valence-corrected chi connectivity index (χ1v) is 13.3. The van der Waals surface area contributed by atoms with Gasteiger partial charge in [-0.2, -0.15) is 0 Å². The third-order valence-electron chi connectivity index (χ3n) is 7.00. The summed E-state index contributed by atoms with van der Waals surface area (Å²) in [4.78, 5) is 37.1. The van der Waals surface area contributed by atoms with Crippen LogP contribution in [0.1, 0.15) is 63.8 Å². The fraction of sp³-hybridized carbons (Fsp3) is 0.414. The number of amides is 2. The highest BCUT2D eigenvalue weighted by Crippen LogP contribution is 2.23. The number of H-pyrrole nitrogens is 2. The summed E-state index contributed by atoms with van der Waals surface area (Å²) in [6.45, 7) is 4.69. The molecule has 2 aromatic carbocycles. The van der Waals surface area contributed by atoms with Crippen molar-refractivity contribution in [3.63, 3.8) is 0 Å². The molecule has 0 aliphatic rings. The lowest BCUT2D eigenvalue weighted by molar-refractivity contribution is -0.127. The van der Waals surface area contributed by atoms with Crippen LogP contribution < -0.4 is 16.4 Å². The van der Waals surface area contributed by atoms with E-state index < -0.39 is 6.04 Å². The van der Waals surface area contributed by atoms with Gasteiger partial charge in [-0.3, -0.25) is 9.59 Å². The molecule has 0 saturated carbocycles. The fourth-order valence-corrected chi connectivity index (χ4v) is 4.63. The van der Waals surface area contributed by atoms with Crippen molar-refractivity contribution >= 4 is 39.4 Å². The average Bonchev–Trinajstić information content (AvgIpc) is 3.50. The van der Waals surface area contributed by atoms with Gasteiger partial charge >= 0.3 is 0 Å². The van der Waals surface area contributed by atoms with Crippen LogP contribution in [0.15, 0.2) is 48.7 Å². The van der Waals surface area contributed by atoms with Gasteiger partial charge in [0.25, 0.3) is 0 Å². The molecule has 37 heavy (non-hydrogen) atoms. The van der Waals surface area contributed by atoms with Gasteiger partial charge in [0.15, 0.2) is 0 Å². The van der Waals surface area contributed by atoms with E-state index >= 15 is 0 Å². The molecule has 4 aromatic rings. The third kappa shape index (κ3) is 6.77. The normalized spacial score (nSPS) is 13.1. The van der Waals surface area contributed by atoms with Gasteiger partial charge in [-0.25, -0.2) is 4.98 Å².